The largest absolute Gasteiger partial charge is 0.481 e. The van der Waals surface area contributed by atoms with E-state index < -0.39 is 5.97 Å². The molecule has 1 fully saturated rings. The highest BCUT2D eigenvalue weighted by atomic mass is 32.2. The van der Waals surface area contributed by atoms with Crippen molar-refractivity contribution in [1.29, 1.82) is 0 Å². The number of aliphatic carboxylic acids is 1. The minimum absolute atomic E-state index is 0.125. The molecule has 0 bridgehead atoms. The number of carbonyl (C=O) groups is 2. The van der Waals surface area contributed by atoms with Gasteiger partial charge in [0.1, 0.15) is 11.2 Å². The lowest BCUT2D eigenvalue weighted by Gasteiger charge is -2.34. The minimum Gasteiger partial charge on any atom is -0.481 e. The van der Waals surface area contributed by atoms with Crippen LogP contribution in [-0.2, 0) is 9.59 Å². The molecule has 0 spiro atoms. The number of hydrogen-bond donors (Lipinski definition) is 2. The van der Waals surface area contributed by atoms with E-state index in [1.807, 2.05) is 11.0 Å². The zero-order chi connectivity index (χ0) is 22.7. The number of piperidine rings is 1. The summed E-state index contributed by atoms with van der Waals surface area (Å²) in [5, 5.41) is 10.6. The molecule has 0 radical (unpaired) electrons. The standard InChI is InChI=1S/C21H33FN2OS.C2H4O2/c1-5-26-20(24(15-25)14-11-21(2,3)4)17-7-6-8-18(22)19(17)16-9-12-23-13-10-16;1-2(3)4/h6-8,15-16,20,23H,5,9-14H2,1-4H3;1H3,(H,3,4). The summed E-state index contributed by atoms with van der Waals surface area (Å²) in [5.74, 6) is 0.147. The third kappa shape index (κ3) is 9.04. The molecule has 0 aliphatic carbocycles. The molecule has 2 N–H and O–H groups in total. The van der Waals surface area contributed by atoms with Gasteiger partial charge in [-0.2, -0.15) is 0 Å². The van der Waals surface area contributed by atoms with Gasteiger partial charge in [-0.3, -0.25) is 9.59 Å². The van der Waals surface area contributed by atoms with Crippen LogP contribution >= 0.6 is 11.8 Å². The molecule has 1 aliphatic rings. The predicted molar refractivity (Wildman–Crippen MR) is 122 cm³/mol. The molecule has 1 amide bonds. The molecule has 1 atom stereocenters. The summed E-state index contributed by atoms with van der Waals surface area (Å²) in [6.07, 6.45) is 3.75. The van der Waals surface area contributed by atoms with Gasteiger partial charge in [-0.1, -0.05) is 39.8 Å². The summed E-state index contributed by atoms with van der Waals surface area (Å²) >= 11 is 1.71. The molecule has 5 nitrogen and oxygen atoms in total. The van der Waals surface area contributed by atoms with Crippen molar-refractivity contribution in [3.8, 4) is 0 Å². The van der Waals surface area contributed by atoms with Crippen molar-refractivity contribution in [1.82, 2.24) is 10.2 Å². The number of hydrogen-bond acceptors (Lipinski definition) is 4. The molecule has 1 aromatic carbocycles. The monoisotopic (exact) mass is 440 g/mol. The molecule has 7 heteroatoms. The topological polar surface area (TPSA) is 69.6 Å². The number of nitrogens with zero attached hydrogens (tertiary/aromatic N) is 1. The van der Waals surface area contributed by atoms with Gasteiger partial charge in [0.15, 0.2) is 0 Å². The smallest absolute Gasteiger partial charge is 0.300 e. The molecule has 170 valence electrons. The first-order chi connectivity index (χ1) is 14.1. The van der Waals surface area contributed by atoms with Crippen molar-refractivity contribution in [2.45, 2.75) is 65.2 Å². The fourth-order valence-electron chi connectivity index (χ4n) is 3.52. The Morgan fingerprint density at radius 3 is 2.47 bits per heavy atom. The molecule has 1 saturated heterocycles. The first kappa shape index (κ1) is 26.4. The van der Waals surface area contributed by atoms with E-state index in [4.69, 9.17) is 9.90 Å². The first-order valence-electron chi connectivity index (χ1n) is 10.6. The molecule has 1 heterocycles. The van der Waals surface area contributed by atoms with Crippen LogP contribution in [0.3, 0.4) is 0 Å². The van der Waals surface area contributed by atoms with Crippen LogP contribution in [0.5, 0.6) is 0 Å². The molecule has 2 rings (SSSR count). The fraction of sp³-hybridized carbons (Fsp3) is 0.652. The Morgan fingerprint density at radius 2 is 1.97 bits per heavy atom. The number of nitrogens with one attached hydrogen (secondary N) is 1. The van der Waals surface area contributed by atoms with E-state index in [9.17, 15) is 9.18 Å². The van der Waals surface area contributed by atoms with Gasteiger partial charge in [-0.15, -0.1) is 11.8 Å². The molecule has 1 aromatic rings. The van der Waals surface area contributed by atoms with E-state index >= 15 is 0 Å². The number of carboxylic acid groups (broad SMARTS) is 1. The Morgan fingerprint density at radius 1 is 1.37 bits per heavy atom. The highest BCUT2D eigenvalue weighted by Crippen LogP contribution is 2.40. The Labute approximate surface area is 184 Å². The average molecular weight is 441 g/mol. The van der Waals surface area contributed by atoms with E-state index in [2.05, 4.69) is 33.0 Å². The third-order valence-electron chi connectivity index (χ3n) is 4.98. The van der Waals surface area contributed by atoms with Gasteiger partial charge in [0.25, 0.3) is 5.97 Å². The van der Waals surface area contributed by atoms with E-state index in [0.29, 0.717) is 6.54 Å². The average Bonchev–Trinajstić information content (AvgIpc) is 2.67. The maximum atomic E-state index is 14.8. The quantitative estimate of drug-likeness (QED) is 0.438. The minimum atomic E-state index is -0.833. The number of thioether (sulfide) groups is 1. The second kappa shape index (κ2) is 13.0. The molecule has 1 unspecified atom stereocenters. The molecule has 0 saturated carbocycles. The van der Waals surface area contributed by atoms with E-state index in [1.54, 1.807) is 23.9 Å². The maximum absolute atomic E-state index is 14.8. The summed E-state index contributed by atoms with van der Waals surface area (Å²) in [6.45, 7) is 12.2. The van der Waals surface area contributed by atoms with E-state index in [1.165, 1.54) is 0 Å². The lowest BCUT2D eigenvalue weighted by molar-refractivity contribution is -0.134. The SMILES string of the molecule is CC(=O)O.CCSC(c1cccc(F)c1C1CCNCC1)N(C=O)CCC(C)(C)C. The van der Waals surface area contributed by atoms with Crippen LogP contribution in [0.4, 0.5) is 4.39 Å². The van der Waals surface area contributed by atoms with E-state index in [-0.39, 0.29) is 22.5 Å². The highest BCUT2D eigenvalue weighted by molar-refractivity contribution is 7.99. The van der Waals surface area contributed by atoms with Gasteiger partial charge in [0.2, 0.25) is 6.41 Å². The number of benzene rings is 1. The van der Waals surface area contributed by atoms with Crippen LogP contribution in [0, 0.1) is 11.2 Å². The third-order valence-corrected chi connectivity index (χ3v) is 6.16. The van der Waals surface area contributed by atoms with Gasteiger partial charge in [-0.05, 0) is 66.6 Å². The highest BCUT2D eigenvalue weighted by Gasteiger charge is 2.28. The van der Waals surface area contributed by atoms with Crippen molar-refractivity contribution in [2.75, 3.05) is 25.4 Å². The molecular weight excluding hydrogens is 403 g/mol. The van der Waals surface area contributed by atoms with Crippen LogP contribution in [0.1, 0.15) is 76.3 Å². The molecular formula is C23H37FN2O3S. The van der Waals surface area contributed by atoms with Crippen molar-refractivity contribution >= 4 is 24.1 Å². The van der Waals surface area contributed by atoms with Crippen molar-refractivity contribution in [2.24, 2.45) is 5.41 Å². The summed E-state index contributed by atoms with van der Waals surface area (Å²) in [7, 11) is 0. The molecule has 1 aliphatic heterocycles. The molecule has 0 aromatic heterocycles. The van der Waals surface area contributed by atoms with E-state index in [0.717, 1.165) is 62.6 Å². The second-order valence-corrected chi connectivity index (χ2v) is 10.1. The number of carboxylic acids is 1. The van der Waals surface area contributed by atoms with Gasteiger partial charge < -0.3 is 15.3 Å². The van der Waals surface area contributed by atoms with Gasteiger partial charge in [0.05, 0.1) is 0 Å². The lowest BCUT2D eigenvalue weighted by Crippen LogP contribution is -2.32. The lowest BCUT2D eigenvalue weighted by atomic mass is 9.86. The Bertz CT molecular complexity index is 669. The van der Waals surface area contributed by atoms with Crippen LogP contribution in [0.25, 0.3) is 0 Å². The van der Waals surface area contributed by atoms with Crippen LogP contribution < -0.4 is 5.32 Å². The van der Waals surface area contributed by atoms with Crippen molar-refractivity contribution in [3.05, 3.63) is 35.1 Å². The summed E-state index contributed by atoms with van der Waals surface area (Å²) in [5.41, 5.74) is 1.95. The summed E-state index contributed by atoms with van der Waals surface area (Å²) < 4.78 is 14.8. The summed E-state index contributed by atoms with van der Waals surface area (Å²) in [4.78, 5) is 22.8. The maximum Gasteiger partial charge on any atom is 0.300 e. The summed E-state index contributed by atoms with van der Waals surface area (Å²) in [6, 6.07) is 5.36. The Kier molecular flexibility index (Phi) is 11.4. The zero-order valence-corrected chi connectivity index (χ0v) is 19.7. The van der Waals surface area contributed by atoms with Crippen molar-refractivity contribution in [3.63, 3.8) is 0 Å². The fourth-order valence-corrected chi connectivity index (χ4v) is 4.57. The van der Waals surface area contributed by atoms with Crippen LogP contribution in [0.15, 0.2) is 18.2 Å². The Balaban J connectivity index is 0.00000103. The molecule has 30 heavy (non-hydrogen) atoms. The number of halogens is 1. The zero-order valence-electron chi connectivity index (χ0n) is 18.9. The first-order valence-corrected chi connectivity index (χ1v) is 11.7. The van der Waals surface area contributed by atoms with Crippen LogP contribution in [0.2, 0.25) is 0 Å². The number of carbonyl (C=O) groups excluding carboxylic acids is 1. The van der Waals surface area contributed by atoms with Gasteiger partial charge in [-0.25, -0.2) is 4.39 Å². The van der Waals surface area contributed by atoms with Crippen LogP contribution in [-0.4, -0.2) is 47.8 Å². The number of amides is 1. The predicted octanol–water partition coefficient (Wildman–Crippen LogP) is 5.03. The van der Waals surface area contributed by atoms with Crippen molar-refractivity contribution < 1.29 is 19.1 Å². The van der Waals surface area contributed by atoms with Gasteiger partial charge in [0, 0.05) is 13.5 Å². The normalized spacial score (nSPS) is 15.7. The Hall–Kier alpha value is -1.60. The van der Waals surface area contributed by atoms with Gasteiger partial charge >= 0.3 is 0 Å². The second-order valence-electron chi connectivity index (χ2n) is 8.75. The number of rotatable bonds is 8.